The zero-order valence-electron chi connectivity index (χ0n) is 20.9. The van der Waals surface area contributed by atoms with E-state index < -0.39 is 29.0 Å². The number of nitrogens with zero attached hydrogens (tertiary/aromatic N) is 1. The van der Waals surface area contributed by atoms with E-state index in [1.54, 1.807) is 11.3 Å². The Balaban J connectivity index is 2.31. The number of aliphatic hydroxyl groups excluding tert-OH is 2. The number of allylic oxidation sites excluding steroid dienone is 2. The quantitative estimate of drug-likeness (QED) is 0.406. The van der Waals surface area contributed by atoms with Crippen molar-refractivity contribution in [3.05, 3.63) is 45.5 Å². The molecule has 5 atom stereocenters. The van der Waals surface area contributed by atoms with E-state index in [9.17, 15) is 15.0 Å². The van der Waals surface area contributed by atoms with Gasteiger partial charge in [-0.1, -0.05) is 37.6 Å². The first-order valence-corrected chi connectivity index (χ1v) is 13.3. The number of aromatic nitrogens is 1. The Kier molecular flexibility index (Phi) is 10.4. The van der Waals surface area contributed by atoms with Crippen molar-refractivity contribution in [2.75, 3.05) is 0 Å². The molecular formula is C26H39NO4S2. The molecule has 0 bridgehead atoms. The summed E-state index contributed by atoms with van der Waals surface area (Å²) in [5, 5.41) is 24.5. The molecule has 1 aromatic rings. The van der Waals surface area contributed by atoms with Crippen LogP contribution in [0.3, 0.4) is 0 Å². The first kappa shape index (κ1) is 27.8. The zero-order chi connectivity index (χ0) is 24.8. The first-order valence-electron chi connectivity index (χ1n) is 11.5. The number of aryl methyl sites for hydroxylation is 1. The van der Waals surface area contributed by atoms with Gasteiger partial charge in [0.05, 0.1) is 29.3 Å². The zero-order valence-corrected chi connectivity index (χ0v) is 22.5. The molecule has 2 heterocycles. The summed E-state index contributed by atoms with van der Waals surface area (Å²) >= 11 is 3.08. The van der Waals surface area contributed by atoms with Gasteiger partial charge in [-0.15, -0.1) is 23.1 Å². The van der Waals surface area contributed by atoms with Gasteiger partial charge in [0.2, 0.25) is 0 Å². The maximum atomic E-state index is 12.8. The van der Waals surface area contributed by atoms with Crippen LogP contribution in [0, 0.1) is 12.8 Å². The highest BCUT2D eigenvalue weighted by Crippen LogP contribution is 2.36. The lowest BCUT2D eigenvalue weighted by atomic mass is 10.00. The minimum absolute atomic E-state index is 0.00870. The topological polar surface area (TPSA) is 79.7 Å². The second-order valence-electron chi connectivity index (χ2n) is 9.57. The smallest absolute Gasteiger partial charge is 0.309 e. The van der Waals surface area contributed by atoms with Gasteiger partial charge in [0, 0.05) is 27.7 Å². The van der Waals surface area contributed by atoms with Gasteiger partial charge in [-0.3, -0.25) is 4.79 Å². The van der Waals surface area contributed by atoms with Crippen LogP contribution in [0.1, 0.15) is 71.5 Å². The largest absolute Gasteiger partial charge is 0.457 e. The highest BCUT2D eigenvalue weighted by molar-refractivity contribution is 8.01. The number of carbonyl (C=O) groups is 1. The molecule has 1 aromatic heterocycles. The summed E-state index contributed by atoms with van der Waals surface area (Å²) in [6, 6.07) is 0. The number of aliphatic hydroxyl groups is 2. The van der Waals surface area contributed by atoms with Gasteiger partial charge in [0.15, 0.2) is 0 Å². The molecule has 1 aliphatic rings. The van der Waals surface area contributed by atoms with Crippen LogP contribution < -0.4 is 0 Å². The predicted molar refractivity (Wildman–Crippen MR) is 139 cm³/mol. The lowest BCUT2D eigenvalue weighted by molar-refractivity contribution is -0.149. The van der Waals surface area contributed by atoms with E-state index in [0.29, 0.717) is 6.42 Å². The summed E-state index contributed by atoms with van der Waals surface area (Å²) in [7, 11) is 0. The molecule has 0 unspecified atom stereocenters. The Morgan fingerprint density at radius 3 is 2.61 bits per heavy atom. The van der Waals surface area contributed by atoms with E-state index >= 15 is 0 Å². The second kappa shape index (κ2) is 12.3. The molecule has 0 radical (unpaired) electrons. The molecule has 0 fully saturated rings. The van der Waals surface area contributed by atoms with Crippen molar-refractivity contribution in [2.24, 2.45) is 5.92 Å². The van der Waals surface area contributed by atoms with Crippen LogP contribution in [0.4, 0.5) is 0 Å². The van der Waals surface area contributed by atoms with Gasteiger partial charge in [-0.2, -0.15) is 0 Å². The molecule has 33 heavy (non-hydrogen) atoms. The number of carbonyl (C=O) groups excluding carboxylic acids is 1. The molecule has 0 saturated heterocycles. The van der Waals surface area contributed by atoms with Crippen LogP contribution in [0.15, 0.2) is 34.8 Å². The maximum Gasteiger partial charge on any atom is 0.309 e. The van der Waals surface area contributed by atoms with E-state index in [2.05, 4.69) is 30.1 Å². The van der Waals surface area contributed by atoms with E-state index in [1.165, 1.54) is 17.3 Å². The van der Waals surface area contributed by atoms with E-state index in [-0.39, 0.29) is 17.6 Å². The standard InChI is InChI=1S/C26H39NO4S2/c1-16-9-8-10-17(2)25(30)19(4)33-26(6,7)23(28)14-24(29)31-22(12-11-16)18(3)13-21-15-32-20(5)27-21/h8,10-11,13,15,17,19,22-23,25,28,30H,9,12,14H2,1-7H3/b10-8-,16-11-,18-13+/t17-,19+,22-,23-,25-/m0/s1. The Labute approximate surface area is 207 Å². The van der Waals surface area contributed by atoms with E-state index in [4.69, 9.17) is 4.74 Å². The van der Waals surface area contributed by atoms with E-state index in [0.717, 1.165) is 22.7 Å². The SMILES string of the molecule is C/C1=C/C[C@@H](/C(C)=C/c2csc(C)n2)OC(=O)C[C@H](O)C(C)(C)S[C@H](C)[C@@H](O)[C@@H](C)/C=C\C1. The molecule has 0 aromatic carbocycles. The number of hydrogen-bond acceptors (Lipinski definition) is 7. The van der Waals surface area contributed by atoms with Crippen molar-refractivity contribution >= 4 is 35.1 Å². The normalized spacial score (nSPS) is 33.1. The van der Waals surface area contributed by atoms with Gasteiger partial charge >= 0.3 is 5.97 Å². The third-order valence-corrected chi connectivity index (χ3v) is 8.35. The first-order chi connectivity index (χ1) is 15.4. The highest BCUT2D eigenvalue weighted by atomic mass is 32.2. The summed E-state index contributed by atoms with van der Waals surface area (Å²) in [5.41, 5.74) is 2.95. The Bertz CT molecular complexity index is 887. The van der Waals surface area contributed by atoms with Crippen molar-refractivity contribution in [3.63, 3.8) is 0 Å². The maximum absolute atomic E-state index is 12.8. The highest BCUT2D eigenvalue weighted by Gasteiger charge is 2.35. The second-order valence-corrected chi connectivity index (χ2v) is 12.7. The summed E-state index contributed by atoms with van der Waals surface area (Å²) in [5.74, 6) is -0.436. The van der Waals surface area contributed by atoms with Crippen molar-refractivity contribution in [1.29, 1.82) is 0 Å². The molecule has 5 nitrogen and oxygen atoms in total. The molecule has 0 amide bonds. The fourth-order valence-corrected chi connectivity index (χ4v) is 5.89. The van der Waals surface area contributed by atoms with Crippen LogP contribution in [-0.4, -0.2) is 49.5 Å². The van der Waals surface area contributed by atoms with Crippen LogP contribution in [-0.2, 0) is 9.53 Å². The third kappa shape index (κ3) is 8.71. The van der Waals surface area contributed by atoms with Crippen LogP contribution in [0.25, 0.3) is 6.08 Å². The minimum atomic E-state index is -0.896. The monoisotopic (exact) mass is 493 g/mol. The minimum Gasteiger partial charge on any atom is -0.457 e. The average Bonchev–Trinajstić information content (AvgIpc) is 3.13. The van der Waals surface area contributed by atoms with Crippen molar-refractivity contribution in [1.82, 2.24) is 4.98 Å². The number of ether oxygens (including phenoxy) is 1. The Morgan fingerprint density at radius 2 is 1.97 bits per heavy atom. The fraction of sp³-hybridized carbons (Fsp3) is 0.615. The van der Waals surface area contributed by atoms with Gasteiger partial charge in [-0.25, -0.2) is 4.98 Å². The van der Waals surface area contributed by atoms with Crippen LogP contribution in [0.5, 0.6) is 0 Å². The predicted octanol–water partition coefficient (Wildman–Crippen LogP) is 5.71. The fourth-order valence-electron chi connectivity index (χ4n) is 3.74. The number of hydrogen-bond donors (Lipinski definition) is 2. The molecule has 0 aliphatic carbocycles. The van der Waals surface area contributed by atoms with Crippen molar-refractivity contribution in [3.8, 4) is 0 Å². The molecule has 7 heteroatoms. The molecular weight excluding hydrogens is 454 g/mol. The van der Waals surface area contributed by atoms with Crippen molar-refractivity contribution in [2.45, 2.75) is 96.0 Å². The Hall–Kier alpha value is -1.41. The van der Waals surface area contributed by atoms with Crippen LogP contribution >= 0.6 is 23.1 Å². The van der Waals surface area contributed by atoms with Crippen molar-refractivity contribution < 1.29 is 19.7 Å². The summed E-state index contributed by atoms with van der Waals surface area (Å²) in [6.45, 7) is 13.8. The number of esters is 1. The molecule has 0 saturated carbocycles. The molecule has 1 aliphatic heterocycles. The average molecular weight is 494 g/mol. The van der Waals surface area contributed by atoms with Gasteiger partial charge in [0.25, 0.3) is 0 Å². The van der Waals surface area contributed by atoms with Gasteiger partial charge in [-0.05, 0) is 52.7 Å². The molecule has 2 rings (SSSR count). The summed E-state index contributed by atoms with van der Waals surface area (Å²) in [4.78, 5) is 17.3. The molecule has 184 valence electrons. The van der Waals surface area contributed by atoms with Gasteiger partial charge in [0.1, 0.15) is 6.10 Å². The Morgan fingerprint density at radius 1 is 1.27 bits per heavy atom. The molecule has 2 N–H and O–H groups in total. The lowest BCUT2D eigenvalue weighted by Gasteiger charge is -2.35. The third-order valence-electron chi connectivity index (χ3n) is 6.03. The molecule has 0 spiro atoms. The number of rotatable bonds is 2. The number of thioether (sulfide) groups is 1. The number of thiazole rings is 1. The van der Waals surface area contributed by atoms with Gasteiger partial charge < -0.3 is 14.9 Å². The van der Waals surface area contributed by atoms with E-state index in [1.807, 2.05) is 53.0 Å². The van der Waals surface area contributed by atoms with Crippen LogP contribution in [0.2, 0.25) is 0 Å². The summed E-state index contributed by atoms with van der Waals surface area (Å²) < 4.78 is 5.24. The summed E-state index contributed by atoms with van der Waals surface area (Å²) in [6.07, 6.45) is 7.57. The lowest BCUT2D eigenvalue weighted by Crippen LogP contribution is -2.40. The number of cyclic esters (lactones) is 1.